The lowest BCUT2D eigenvalue weighted by atomic mass is 9.98. The van der Waals surface area contributed by atoms with Gasteiger partial charge in [-0.1, -0.05) is 18.2 Å². The fourth-order valence-electron chi connectivity index (χ4n) is 3.82. The number of aromatic nitrogens is 1. The first kappa shape index (κ1) is 24.7. The summed E-state index contributed by atoms with van der Waals surface area (Å²) < 4.78 is 43.5. The Morgan fingerprint density at radius 2 is 1.63 bits per heavy atom. The molecule has 1 aliphatic heterocycles. The predicted molar refractivity (Wildman–Crippen MR) is 129 cm³/mol. The van der Waals surface area contributed by atoms with Gasteiger partial charge in [-0.2, -0.15) is 4.31 Å². The van der Waals surface area contributed by atoms with Gasteiger partial charge in [-0.25, -0.2) is 8.42 Å². The normalized spacial score (nSPS) is 14.9. The number of hydrogen-bond acceptors (Lipinski definition) is 7. The van der Waals surface area contributed by atoms with Crippen LogP contribution in [0.1, 0.15) is 24.1 Å². The highest BCUT2D eigenvalue weighted by Gasteiger charge is 2.32. The van der Waals surface area contributed by atoms with Crippen molar-refractivity contribution in [3.8, 4) is 11.5 Å². The quantitative estimate of drug-likeness (QED) is 0.416. The van der Waals surface area contributed by atoms with Gasteiger partial charge in [0, 0.05) is 19.3 Å². The van der Waals surface area contributed by atoms with Gasteiger partial charge in [0.05, 0.1) is 23.6 Å². The number of pyridine rings is 1. The van der Waals surface area contributed by atoms with Gasteiger partial charge in [0.25, 0.3) is 0 Å². The van der Waals surface area contributed by atoms with Gasteiger partial charge in [-0.15, -0.1) is 0 Å². The van der Waals surface area contributed by atoms with E-state index < -0.39 is 10.0 Å². The summed E-state index contributed by atoms with van der Waals surface area (Å²) in [6.45, 7) is 1.08. The molecule has 0 amide bonds. The van der Waals surface area contributed by atoms with E-state index in [1.807, 2.05) is 42.5 Å². The minimum atomic E-state index is -3.61. The van der Waals surface area contributed by atoms with Gasteiger partial charge >= 0.3 is 5.97 Å². The molecule has 4 rings (SSSR count). The molecular weight excluding hydrogens is 468 g/mol. The average molecular weight is 497 g/mol. The smallest absolute Gasteiger partial charge is 0.309 e. The first-order valence-electron chi connectivity index (χ1n) is 11.4. The van der Waals surface area contributed by atoms with Crippen LogP contribution in [0.3, 0.4) is 0 Å². The Morgan fingerprint density at radius 3 is 2.26 bits per heavy atom. The highest BCUT2D eigenvalue weighted by Crippen LogP contribution is 2.26. The average Bonchev–Trinajstić information content (AvgIpc) is 2.92. The maximum Gasteiger partial charge on any atom is 0.309 e. The fourth-order valence-corrected chi connectivity index (χ4v) is 5.29. The molecule has 1 aliphatic rings. The van der Waals surface area contributed by atoms with Gasteiger partial charge in [-0.05, 0) is 66.9 Å². The third kappa shape index (κ3) is 6.37. The Morgan fingerprint density at radius 1 is 0.943 bits per heavy atom. The number of piperidine rings is 1. The van der Waals surface area contributed by atoms with Crippen molar-refractivity contribution in [3.63, 3.8) is 0 Å². The highest BCUT2D eigenvalue weighted by molar-refractivity contribution is 7.89. The molecule has 184 valence electrons. The SMILES string of the molecule is COc1ccc(S(=O)(=O)N2CCC(C(=O)OCc3ccc(OCc4ccccn4)cc3)CC2)cc1. The van der Waals surface area contributed by atoms with E-state index in [1.165, 1.54) is 23.5 Å². The molecule has 0 unspecified atom stereocenters. The molecule has 0 radical (unpaired) electrons. The Balaban J connectivity index is 1.23. The van der Waals surface area contributed by atoms with Crippen LogP contribution in [-0.4, -0.2) is 43.9 Å². The zero-order valence-electron chi connectivity index (χ0n) is 19.5. The summed E-state index contributed by atoms with van der Waals surface area (Å²) in [5.41, 5.74) is 1.69. The van der Waals surface area contributed by atoms with Crippen LogP contribution in [0.2, 0.25) is 0 Å². The first-order valence-corrected chi connectivity index (χ1v) is 12.8. The number of esters is 1. The van der Waals surface area contributed by atoms with Crippen LogP contribution in [-0.2, 0) is 32.8 Å². The summed E-state index contributed by atoms with van der Waals surface area (Å²) in [6.07, 6.45) is 2.57. The van der Waals surface area contributed by atoms with Crippen molar-refractivity contribution < 1.29 is 27.4 Å². The zero-order valence-corrected chi connectivity index (χ0v) is 20.3. The number of hydrogen-bond donors (Lipinski definition) is 0. The van der Waals surface area contributed by atoms with Gasteiger partial charge < -0.3 is 14.2 Å². The van der Waals surface area contributed by atoms with Crippen molar-refractivity contribution in [2.75, 3.05) is 20.2 Å². The van der Waals surface area contributed by atoms with Crippen molar-refractivity contribution in [2.45, 2.75) is 31.0 Å². The van der Waals surface area contributed by atoms with Crippen LogP contribution in [0.25, 0.3) is 0 Å². The number of nitrogens with zero attached hydrogens (tertiary/aromatic N) is 2. The second-order valence-corrected chi connectivity index (χ2v) is 10.2. The highest BCUT2D eigenvalue weighted by atomic mass is 32.2. The molecular formula is C26H28N2O6S. The number of methoxy groups -OCH3 is 1. The molecule has 0 saturated carbocycles. The van der Waals surface area contributed by atoms with Crippen LogP contribution in [0, 0.1) is 5.92 Å². The minimum absolute atomic E-state index is 0.156. The monoisotopic (exact) mass is 496 g/mol. The Hall–Kier alpha value is -3.43. The van der Waals surface area contributed by atoms with Crippen LogP contribution < -0.4 is 9.47 Å². The summed E-state index contributed by atoms with van der Waals surface area (Å²) in [5.74, 6) is 0.675. The van der Waals surface area contributed by atoms with Crippen molar-refractivity contribution in [3.05, 3.63) is 84.2 Å². The molecule has 0 spiro atoms. The maximum absolute atomic E-state index is 12.9. The van der Waals surface area contributed by atoms with Gasteiger partial charge in [-0.3, -0.25) is 9.78 Å². The largest absolute Gasteiger partial charge is 0.497 e. The maximum atomic E-state index is 12.9. The molecule has 1 saturated heterocycles. The lowest BCUT2D eigenvalue weighted by Gasteiger charge is -2.30. The Kier molecular flexibility index (Phi) is 7.99. The molecule has 2 aromatic carbocycles. The van der Waals surface area contributed by atoms with E-state index in [-0.39, 0.29) is 36.5 Å². The molecule has 8 nitrogen and oxygen atoms in total. The molecule has 1 aromatic heterocycles. The van der Waals surface area contributed by atoms with E-state index >= 15 is 0 Å². The van der Waals surface area contributed by atoms with E-state index in [9.17, 15) is 13.2 Å². The molecule has 0 aliphatic carbocycles. The molecule has 0 N–H and O–H groups in total. The fraction of sp³-hybridized carbons (Fsp3) is 0.308. The van der Waals surface area contributed by atoms with Gasteiger partial charge in [0.2, 0.25) is 10.0 Å². The van der Waals surface area contributed by atoms with E-state index in [1.54, 1.807) is 18.3 Å². The minimum Gasteiger partial charge on any atom is -0.497 e. The third-order valence-corrected chi connectivity index (χ3v) is 7.81. The Bertz CT molecular complexity index is 1210. The molecule has 0 bridgehead atoms. The van der Waals surface area contributed by atoms with E-state index in [2.05, 4.69) is 4.98 Å². The number of carbonyl (C=O) groups is 1. The standard InChI is InChI=1S/C26H28N2O6S/c1-32-23-9-11-25(12-10-23)35(30,31)28-16-13-21(14-17-28)26(29)34-18-20-5-7-24(8-6-20)33-19-22-4-2-3-15-27-22/h2-12,15,21H,13-14,16-19H2,1H3. The lowest BCUT2D eigenvalue weighted by molar-refractivity contribution is -0.151. The lowest BCUT2D eigenvalue weighted by Crippen LogP contribution is -2.40. The number of rotatable bonds is 9. The molecule has 3 aromatic rings. The topological polar surface area (TPSA) is 95.0 Å². The second-order valence-electron chi connectivity index (χ2n) is 8.22. The molecule has 2 heterocycles. The summed E-state index contributed by atoms with van der Waals surface area (Å²) in [5, 5.41) is 0. The predicted octanol–water partition coefficient (Wildman–Crippen LogP) is 3.81. The van der Waals surface area contributed by atoms with Crippen molar-refractivity contribution in [2.24, 2.45) is 5.92 Å². The summed E-state index contributed by atoms with van der Waals surface area (Å²) >= 11 is 0. The second kappa shape index (κ2) is 11.3. The molecule has 1 fully saturated rings. The van der Waals surface area contributed by atoms with Crippen LogP contribution in [0.15, 0.2) is 77.8 Å². The number of ether oxygens (including phenoxy) is 3. The van der Waals surface area contributed by atoms with E-state index in [4.69, 9.17) is 14.2 Å². The third-order valence-electron chi connectivity index (χ3n) is 5.90. The first-order chi connectivity index (χ1) is 17.0. The molecule has 0 atom stereocenters. The summed E-state index contributed by atoms with van der Waals surface area (Å²) in [6, 6.07) is 19.3. The van der Waals surface area contributed by atoms with E-state index in [0.29, 0.717) is 30.9 Å². The van der Waals surface area contributed by atoms with E-state index in [0.717, 1.165) is 11.3 Å². The van der Waals surface area contributed by atoms with Gasteiger partial charge in [0.1, 0.15) is 24.7 Å². The summed E-state index contributed by atoms with van der Waals surface area (Å²) in [7, 11) is -2.08. The molecule has 9 heteroatoms. The number of sulfonamides is 1. The zero-order chi connectivity index (χ0) is 24.7. The Labute approximate surface area is 205 Å². The molecule has 35 heavy (non-hydrogen) atoms. The number of benzene rings is 2. The van der Waals surface area contributed by atoms with Crippen LogP contribution >= 0.6 is 0 Å². The van der Waals surface area contributed by atoms with Crippen molar-refractivity contribution in [1.82, 2.24) is 9.29 Å². The van der Waals surface area contributed by atoms with Crippen molar-refractivity contribution in [1.29, 1.82) is 0 Å². The van der Waals surface area contributed by atoms with Gasteiger partial charge in [0.15, 0.2) is 0 Å². The number of carbonyl (C=O) groups excluding carboxylic acids is 1. The van der Waals surface area contributed by atoms with Crippen molar-refractivity contribution >= 4 is 16.0 Å². The summed E-state index contributed by atoms with van der Waals surface area (Å²) in [4.78, 5) is 17.0. The van der Waals surface area contributed by atoms with Crippen LogP contribution in [0.4, 0.5) is 0 Å². The van der Waals surface area contributed by atoms with Crippen LogP contribution in [0.5, 0.6) is 11.5 Å².